The van der Waals surface area contributed by atoms with Crippen LogP contribution in [0.3, 0.4) is 0 Å². The maximum atomic E-state index is 6.02. The van der Waals surface area contributed by atoms with Gasteiger partial charge in [0.05, 0.1) is 20.3 Å². The first-order chi connectivity index (χ1) is 16.7. The number of ether oxygens (including phenoxy) is 3. The summed E-state index contributed by atoms with van der Waals surface area (Å²) in [7, 11) is 2.63. The lowest BCUT2D eigenvalue weighted by Gasteiger charge is -2.24. The van der Waals surface area contributed by atoms with Gasteiger partial charge in [0.2, 0.25) is 5.90 Å². The summed E-state index contributed by atoms with van der Waals surface area (Å²) in [6, 6.07) is 25.5. The Balaban J connectivity index is 1.48. The fraction of sp³-hybridized carbons (Fsp3) is 0.207. The Bertz CT molecular complexity index is 1230. The molecule has 0 radical (unpaired) electrons. The Hall–Kier alpha value is -3.36. The quantitative estimate of drug-likeness (QED) is 0.416. The fourth-order valence-corrected chi connectivity index (χ4v) is 7.14. The van der Waals surface area contributed by atoms with E-state index in [4.69, 9.17) is 19.2 Å². The number of allylic oxidation sites excluding steroid dienone is 2. The molecule has 0 aromatic heterocycles. The van der Waals surface area contributed by atoms with Gasteiger partial charge in [-0.1, -0.05) is 72.8 Å². The lowest BCUT2D eigenvalue weighted by molar-refractivity contribution is 0.309. The van der Waals surface area contributed by atoms with Gasteiger partial charge in [-0.05, 0) is 54.9 Å². The first-order valence-corrected chi connectivity index (χ1v) is 12.8. The predicted molar refractivity (Wildman–Crippen MR) is 140 cm³/mol. The summed E-state index contributed by atoms with van der Waals surface area (Å²) in [5.74, 6) is 2.06. The van der Waals surface area contributed by atoms with Crippen molar-refractivity contribution in [3.63, 3.8) is 0 Å². The van der Waals surface area contributed by atoms with Crippen molar-refractivity contribution in [1.29, 1.82) is 0 Å². The van der Waals surface area contributed by atoms with Gasteiger partial charge >= 0.3 is 0 Å². The molecule has 0 fully saturated rings. The summed E-state index contributed by atoms with van der Waals surface area (Å²) < 4.78 is 17.0. The molecule has 0 unspecified atom stereocenters. The minimum atomic E-state index is -0.662. The van der Waals surface area contributed by atoms with Gasteiger partial charge in [0.15, 0.2) is 11.5 Å². The van der Waals surface area contributed by atoms with E-state index in [1.54, 1.807) is 14.2 Å². The molecule has 34 heavy (non-hydrogen) atoms. The van der Waals surface area contributed by atoms with Crippen LogP contribution in [0.1, 0.15) is 24.5 Å². The number of hydrogen-bond donors (Lipinski definition) is 0. The Labute approximate surface area is 202 Å². The molecular weight excluding hydrogens is 441 g/mol. The average Bonchev–Trinajstić information content (AvgIpc) is 3.52. The first-order valence-electron chi connectivity index (χ1n) is 11.5. The summed E-state index contributed by atoms with van der Waals surface area (Å²) >= 11 is 0. The van der Waals surface area contributed by atoms with E-state index < -0.39 is 7.92 Å². The monoisotopic (exact) mass is 469 g/mol. The van der Waals surface area contributed by atoms with Crippen molar-refractivity contribution in [2.75, 3.05) is 14.2 Å². The molecule has 1 aliphatic heterocycles. The highest BCUT2D eigenvalue weighted by Gasteiger charge is 2.28. The summed E-state index contributed by atoms with van der Waals surface area (Å²) in [5.41, 5.74) is 3.32. The molecule has 5 heteroatoms. The van der Waals surface area contributed by atoms with Crippen LogP contribution in [0.15, 0.2) is 101 Å². The van der Waals surface area contributed by atoms with Gasteiger partial charge in [0.1, 0.15) is 6.61 Å². The highest BCUT2D eigenvalue weighted by Crippen LogP contribution is 2.50. The molecule has 1 atom stereocenters. The van der Waals surface area contributed by atoms with Crippen molar-refractivity contribution in [3.05, 3.63) is 107 Å². The predicted octanol–water partition coefficient (Wildman–Crippen LogP) is 5.72. The summed E-state index contributed by atoms with van der Waals surface area (Å²) in [4.78, 5) is 5.05. The van der Waals surface area contributed by atoms with Gasteiger partial charge in [0.25, 0.3) is 0 Å². The molecule has 0 spiro atoms. The molecule has 0 amide bonds. The highest BCUT2D eigenvalue weighted by atomic mass is 31.1. The van der Waals surface area contributed by atoms with Crippen LogP contribution < -0.4 is 20.1 Å². The topological polar surface area (TPSA) is 40.0 Å². The Morgan fingerprint density at radius 2 is 1.47 bits per heavy atom. The van der Waals surface area contributed by atoms with E-state index >= 15 is 0 Å². The molecule has 1 aliphatic carbocycles. The summed E-state index contributed by atoms with van der Waals surface area (Å²) in [6.07, 6.45) is 5.62. The lowest BCUT2D eigenvalue weighted by Crippen LogP contribution is -2.16. The van der Waals surface area contributed by atoms with E-state index in [9.17, 15) is 0 Å². The Morgan fingerprint density at radius 3 is 2.09 bits per heavy atom. The molecule has 4 nitrogen and oxygen atoms in total. The maximum absolute atomic E-state index is 6.02. The molecule has 0 N–H and O–H groups in total. The van der Waals surface area contributed by atoms with Crippen molar-refractivity contribution in [3.8, 4) is 11.5 Å². The second-order valence-electron chi connectivity index (χ2n) is 8.25. The second-order valence-corrected chi connectivity index (χ2v) is 10.4. The largest absolute Gasteiger partial charge is 0.493 e. The van der Waals surface area contributed by atoms with E-state index in [2.05, 4.69) is 79.7 Å². The van der Waals surface area contributed by atoms with E-state index in [1.807, 2.05) is 12.1 Å². The van der Waals surface area contributed by atoms with Crippen molar-refractivity contribution in [2.45, 2.75) is 26.0 Å². The minimum absolute atomic E-state index is 0.0276. The van der Waals surface area contributed by atoms with Gasteiger partial charge < -0.3 is 14.2 Å². The molecule has 1 heterocycles. The number of methoxy groups -OCH3 is 2. The van der Waals surface area contributed by atoms with E-state index in [1.165, 1.54) is 21.5 Å². The molecule has 5 rings (SSSR count). The van der Waals surface area contributed by atoms with Gasteiger partial charge in [-0.2, -0.15) is 0 Å². The van der Waals surface area contributed by atoms with Crippen molar-refractivity contribution in [1.82, 2.24) is 0 Å². The SMILES string of the molecule is COc1cc2c(cc1OC)/C(=N/[C@H](C)C1=CCC=C1P(c1ccccc1)c1ccccc1)OC2. The normalized spacial score (nSPS) is 16.6. The molecule has 2 aliphatic rings. The maximum Gasteiger partial charge on any atom is 0.217 e. The van der Waals surface area contributed by atoms with Crippen LogP contribution >= 0.6 is 7.92 Å². The molecule has 0 bridgehead atoms. The first kappa shape index (κ1) is 22.4. The van der Waals surface area contributed by atoms with Crippen LogP contribution in [0.5, 0.6) is 11.5 Å². The van der Waals surface area contributed by atoms with Crippen molar-refractivity contribution >= 4 is 24.4 Å². The molecular formula is C29H28NO3P. The van der Waals surface area contributed by atoms with Crippen LogP contribution in [-0.2, 0) is 11.3 Å². The zero-order chi connectivity index (χ0) is 23.5. The van der Waals surface area contributed by atoms with Crippen LogP contribution in [0.2, 0.25) is 0 Å². The van der Waals surface area contributed by atoms with Gasteiger partial charge in [-0.3, -0.25) is 0 Å². The average molecular weight is 470 g/mol. The number of rotatable bonds is 7. The number of aliphatic imine (C=N–C) groups is 1. The summed E-state index contributed by atoms with van der Waals surface area (Å²) in [6.45, 7) is 2.65. The smallest absolute Gasteiger partial charge is 0.217 e. The number of hydrogen-bond acceptors (Lipinski definition) is 4. The summed E-state index contributed by atoms with van der Waals surface area (Å²) in [5, 5.41) is 4.08. The zero-order valence-electron chi connectivity index (χ0n) is 19.7. The number of nitrogens with zero attached hydrogens (tertiary/aromatic N) is 1. The molecule has 3 aromatic rings. The Kier molecular flexibility index (Phi) is 6.51. The minimum Gasteiger partial charge on any atom is -0.493 e. The third-order valence-electron chi connectivity index (χ3n) is 6.18. The van der Waals surface area contributed by atoms with Crippen molar-refractivity contribution < 1.29 is 14.2 Å². The number of benzene rings is 3. The van der Waals surface area contributed by atoms with Crippen LogP contribution in [-0.4, -0.2) is 26.2 Å². The molecule has 3 aromatic carbocycles. The third kappa shape index (κ3) is 4.26. The van der Waals surface area contributed by atoms with E-state index in [0.29, 0.717) is 24.0 Å². The Morgan fingerprint density at radius 1 is 0.853 bits per heavy atom. The van der Waals surface area contributed by atoms with Crippen LogP contribution in [0, 0.1) is 0 Å². The van der Waals surface area contributed by atoms with Gasteiger partial charge in [-0.25, -0.2) is 4.99 Å². The molecule has 172 valence electrons. The van der Waals surface area contributed by atoms with E-state index in [0.717, 1.165) is 17.5 Å². The molecule has 0 saturated carbocycles. The number of fused-ring (bicyclic) bond motifs is 1. The van der Waals surface area contributed by atoms with Crippen molar-refractivity contribution in [2.24, 2.45) is 4.99 Å². The standard InChI is InChI=1S/C29H28NO3P/c1-20(30-29-25-18-27(32-3)26(31-2)17-21(25)19-33-29)24-15-10-16-28(24)34(22-11-6-4-7-12-22)23-13-8-5-9-14-23/h4-9,11-18,20H,10,19H2,1-3H3/b30-29-/t20-/m1/s1. The fourth-order valence-electron chi connectivity index (χ4n) is 4.52. The second kappa shape index (κ2) is 9.87. The third-order valence-corrected chi connectivity index (χ3v) is 8.73. The van der Waals surface area contributed by atoms with Crippen LogP contribution in [0.25, 0.3) is 0 Å². The highest BCUT2D eigenvalue weighted by molar-refractivity contribution is 7.77. The zero-order valence-corrected chi connectivity index (χ0v) is 20.6. The van der Waals surface area contributed by atoms with Gasteiger partial charge in [0, 0.05) is 11.1 Å². The van der Waals surface area contributed by atoms with Crippen LogP contribution in [0.4, 0.5) is 0 Å². The molecule has 0 saturated heterocycles. The van der Waals surface area contributed by atoms with Gasteiger partial charge in [-0.15, -0.1) is 0 Å². The van der Waals surface area contributed by atoms with E-state index in [-0.39, 0.29) is 6.04 Å². The lowest BCUT2D eigenvalue weighted by atomic mass is 10.1.